The molecule has 1 fully saturated rings. The van der Waals surface area contributed by atoms with E-state index in [1.165, 1.54) is 0 Å². The van der Waals surface area contributed by atoms with E-state index in [9.17, 15) is 9.59 Å². The second-order valence-electron chi connectivity index (χ2n) is 7.61. The van der Waals surface area contributed by atoms with Crippen molar-refractivity contribution in [3.05, 3.63) is 29.0 Å². The predicted octanol–water partition coefficient (Wildman–Crippen LogP) is 2.64. The number of nitrogens with zero attached hydrogens (tertiary/aromatic N) is 4. The maximum absolute atomic E-state index is 13.1. The number of fused-ring (bicyclic) bond motifs is 1. The lowest BCUT2D eigenvalue weighted by Crippen LogP contribution is -2.39. The summed E-state index contributed by atoms with van der Waals surface area (Å²) in [5, 5.41) is 6.51. The molecular formula is C19H25N5O3. The first-order valence-corrected chi connectivity index (χ1v) is 9.66. The van der Waals surface area contributed by atoms with Gasteiger partial charge in [-0.05, 0) is 44.9 Å². The van der Waals surface area contributed by atoms with Crippen LogP contribution in [0.1, 0.15) is 65.2 Å². The highest BCUT2D eigenvalue weighted by molar-refractivity contribution is 6.03. The van der Waals surface area contributed by atoms with E-state index in [4.69, 9.17) is 4.52 Å². The normalized spacial score (nSPS) is 19.6. The lowest BCUT2D eigenvalue weighted by molar-refractivity contribution is 0.0676. The zero-order valence-electron chi connectivity index (χ0n) is 15.8. The Balaban J connectivity index is 1.63. The summed E-state index contributed by atoms with van der Waals surface area (Å²) in [4.78, 5) is 32.2. The standard InChI is InChI=1S/C19H25N5O3/c1-12-6-5-8-23(11-12)19(26)16-14-7-3-4-9-24(14)17(21-16)18(25)20-15-10-13(2)27-22-15/h10,12H,3-9,11H2,1-2H3,(H,20,22,25). The van der Waals surface area contributed by atoms with E-state index >= 15 is 0 Å². The Bertz CT molecular complexity index is 869. The van der Waals surface area contributed by atoms with Crippen molar-refractivity contribution in [2.75, 3.05) is 18.4 Å². The van der Waals surface area contributed by atoms with Gasteiger partial charge in [0.25, 0.3) is 11.8 Å². The Kier molecular flexibility index (Phi) is 4.72. The Hall–Kier alpha value is -2.64. The average molecular weight is 371 g/mol. The van der Waals surface area contributed by atoms with Crippen LogP contribution in [0.3, 0.4) is 0 Å². The van der Waals surface area contributed by atoms with Crippen LogP contribution in [0.2, 0.25) is 0 Å². The molecule has 8 heteroatoms. The van der Waals surface area contributed by atoms with Crippen molar-refractivity contribution in [2.24, 2.45) is 5.92 Å². The first kappa shape index (κ1) is 17.8. The number of carbonyl (C=O) groups is 2. The molecule has 0 bridgehead atoms. The van der Waals surface area contributed by atoms with Crippen molar-refractivity contribution in [3.8, 4) is 0 Å². The van der Waals surface area contributed by atoms with E-state index in [2.05, 4.69) is 22.4 Å². The van der Waals surface area contributed by atoms with E-state index in [0.29, 0.717) is 29.7 Å². The van der Waals surface area contributed by atoms with Gasteiger partial charge in [-0.25, -0.2) is 4.98 Å². The van der Waals surface area contributed by atoms with Gasteiger partial charge >= 0.3 is 0 Å². The van der Waals surface area contributed by atoms with Crippen molar-refractivity contribution in [1.29, 1.82) is 0 Å². The smallest absolute Gasteiger partial charge is 0.292 e. The van der Waals surface area contributed by atoms with Crippen LogP contribution in [0.5, 0.6) is 0 Å². The summed E-state index contributed by atoms with van der Waals surface area (Å²) in [5.41, 5.74) is 1.32. The number of hydrogen-bond acceptors (Lipinski definition) is 5. The molecule has 2 aliphatic heterocycles. The molecule has 0 spiro atoms. The number of aromatic nitrogens is 3. The third kappa shape index (κ3) is 3.48. The third-order valence-corrected chi connectivity index (χ3v) is 5.34. The highest BCUT2D eigenvalue weighted by Crippen LogP contribution is 2.25. The Morgan fingerprint density at radius 2 is 2.11 bits per heavy atom. The van der Waals surface area contributed by atoms with Crippen molar-refractivity contribution in [1.82, 2.24) is 19.6 Å². The van der Waals surface area contributed by atoms with Crippen LogP contribution in [0.4, 0.5) is 5.82 Å². The summed E-state index contributed by atoms with van der Waals surface area (Å²) in [6, 6.07) is 1.65. The molecule has 2 aromatic heterocycles. The van der Waals surface area contributed by atoms with Crippen LogP contribution in [-0.4, -0.2) is 44.5 Å². The number of aryl methyl sites for hydroxylation is 1. The van der Waals surface area contributed by atoms with Gasteiger partial charge < -0.3 is 19.3 Å². The quantitative estimate of drug-likeness (QED) is 0.895. The minimum absolute atomic E-state index is 0.0523. The lowest BCUT2D eigenvalue weighted by atomic mass is 9.99. The van der Waals surface area contributed by atoms with E-state index in [1.54, 1.807) is 13.0 Å². The molecular weight excluding hydrogens is 346 g/mol. The van der Waals surface area contributed by atoms with Gasteiger partial charge in [-0.1, -0.05) is 12.1 Å². The number of amides is 2. The number of carbonyl (C=O) groups excluding carboxylic acids is 2. The summed E-state index contributed by atoms with van der Waals surface area (Å²) in [7, 11) is 0. The monoisotopic (exact) mass is 371 g/mol. The minimum atomic E-state index is -0.363. The summed E-state index contributed by atoms with van der Waals surface area (Å²) in [5.74, 6) is 1.33. The number of likely N-dealkylation sites (tertiary alicyclic amines) is 1. The van der Waals surface area contributed by atoms with E-state index < -0.39 is 0 Å². The fourth-order valence-corrected chi connectivity index (χ4v) is 4.01. The van der Waals surface area contributed by atoms with Crippen molar-refractivity contribution in [2.45, 2.75) is 52.5 Å². The van der Waals surface area contributed by atoms with Crippen LogP contribution >= 0.6 is 0 Å². The molecule has 0 radical (unpaired) electrons. The number of imidazole rings is 1. The summed E-state index contributed by atoms with van der Waals surface area (Å²) >= 11 is 0. The van der Waals surface area contributed by atoms with E-state index in [0.717, 1.165) is 50.9 Å². The fraction of sp³-hybridized carbons (Fsp3) is 0.579. The number of hydrogen-bond donors (Lipinski definition) is 1. The topological polar surface area (TPSA) is 93.3 Å². The Morgan fingerprint density at radius 3 is 2.85 bits per heavy atom. The zero-order chi connectivity index (χ0) is 19.0. The Morgan fingerprint density at radius 1 is 1.26 bits per heavy atom. The van der Waals surface area contributed by atoms with Gasteiger partial charge in [0.05, 0.1) is 5.69 Å². The highest BCUT2D eigenvalue weighted by atomic mass is 16.5. The van der Waals surface area contributed by atoms with Gasteiger partial charge in [-0.3, -0.25) is 9.59 Å². The molecule has 2 aromatic rings. The Labute approximate surface area is 157 Å². The molecule has 2 amide bonds. The third-order valence-electron chi connectivity index (χ3n) is 5.34. The second kappa shape index (κ2) is 7.17. The summed E-state index contributed by atoms with van der Waals surface area (Å²) in [6.07, 6.45) is 4.92. The SMILES string of the molecule is Cc1cc(NC(=O)c2nc(C(=O)N3CCCC(C)C3)c3n2CCCC3)no1. The van der Waals surface area contributed by atoms with E-state index in [-0.39, 0.29) is 17.6 Å². The molecule has 0 aromatic carbocycles. The van der Waals surface area contributed by atoms with Gasteiger partial charge in [0, 0.05) is 25.7 Å². The summed E-state index contributed by atoms with van der Waals surface area (Å²) in [6.45, 7) is 6.14. The van der Waals surface area contributed by atoms with Crippen molar-refractivity contribution >= 4 is 17.6 Å². The van der Waals surface area contributed by atoms with Gasteiger partial charge in [-0.2, -0.15) is 0 Å². The molecule has 8 nitrogen and oxygen atoms in total. The van der Waals surface area contributed by atoms with Gasteiger partial charge in [0.15, 0.2) is 11.6 Å². The van der Waals surface area contributed by atoms with Gasteiger partial charge in [-0.15, -0.1) is 0 Å². The van der Waals surface area contributed by atoms with Gasteiger partial charge in [0.2, 0.25) is 0 Å². The van der Waals surface area contributed by atoms with Crippen LogP contribution in [0, 0.1) is 12.8 Å². The van der Waals surface area contributed by atoms with Crippen molar-refractivity contribution < 1.29 is 14.1 Å². The molecule has 4 rings (SSSR count). The largest absolute Gasteiger partial charge is 0.360 e. The molecule has 1 unspecified atom stereocenters. The molecule has 0 aliphatic carbocycles. The van der Waals surface area contributed by atoms with Crippen LogP contribution in [0.25, 0.3) is 0 Å². The first-order chi connectivity index (χ1) is 13.0. The number of anilines is 1. The minimum Gasteiger partial charge on any atom is -0.360 e. The maximum Gasteiger partial charge on any atom is 0.292 e. The van der Waals surface area contributed by atoms with Gasteiger partial charge in [0.1, 0.15) is 11.5 Å². The molecule has 0 saturated carbocycles. The highest BCUT2D eigenvalue weighted by Gasteiger charge is 2.31. The molecule has 144 valence electrons. The van der Waals surface area contributed by atoms with E-state index in [1.807, 2.05) is 9.47 Å². The molecule has 1 N–H and O–H groups in total. The number of piperidine rings is 1. The van der Waals surface area contributed by atoms with Crippen LogP contribution in [0.15, 0.2) is 10.6 Å². The van der Waals surface area contributed by atoms with Crippen LogP contribution in [-0.2, 0) is 13.0 Å². The maximum atomic E-state index is 13.1. The lowest BCUT2D eigenvalue weighted by Gasteiger charge is -2.30. The molecule has 2 aliphatic rings. The summed E-state index contributed by atoms with van der Waals surface area (Å²) < 4.78 is 6.89. The average Bonchev–Trinajstić information content (AvgIpc) is 3.24. The van der Waals surface area contributed by atoms with Crippen LogP contribution < -0.4 is 5.32 Å². The zero-order valence-corrected chi connectivity index (χ0v) is 15.8. The first-order valence-electron chi connectivity index (χ1n) is 9.66. The second-order valence-corrected chi connectivity index (χ2v) is 7.61. The molecule has 4 heterocycles. The van der Waals surface area contributed by atoms with Crippen molar-refractivity contribution in [3.63, 3.8) is 0 Å². The fourth-order valence-electron chi connectivity index (χ4n) is 4.01. The predicted molar refractivity (Wildman–Crippen MR) is 98.7 cm³/mol. The molecule has 1 atom stereocenters. The molecule has 27 heavy (non-hydrogen) atoms. The molecule has 1 saturated heterocycles. The number of nitrogens with one attached hydrogen (secondary N) is 1. The number of rotatable bonds is 3.